The van der Waals surface area contributed by atoms with Gasteiger partial charge in [-0.25, -0.2) is 9.97 Å². The van der Waals surface area contributed by atoms with Crippen molar-refractivity contribution >= 4 is 23.2 Å². The summed E-state index contributed by atoms with van der Waals surface area (Å²) in [6, 6.07) is 3.96. The van der Waals surface area contributed by atoms with Gasteiger partial charge in [-0.2, -0.15) is 0 Å². The summed E-state index contributed by atoms with van der Waals surface area (Å²) in [6.07, 6.45) is 5.34. The molecule has 24 heavy (non-hydrogen) atoms. The maximum absolute atomic E-state index is 12.8. The summed E-state index contributed by atoms with van der Waals surface area (Å²) < 4.78 is 5.34. The highest BCUT2D eigenvalue weighted by atomic mass is 32.1. The minimum Gasteiger partial charge on any atom is -0.495 e. The zero-order valence-electron chi connectivity index (χ0n) is 14.2. The monoisotopic (exact) mass is 346 g/mol. The van der Waals surface area contributed by atoms with Crippen LogP contribution in [0.3, 0.4) is 0 Å². The zero-order chi connectivity index (χ0) is 17.1. The van der Waals surface area contributed by atoms with Crippen LogP contribution in [-0.2, 0) is 0 Å². The number of ether oxygens (including phenoxy) is 1. The van der Waals surface area contributed by atoms with Gasteiger partial charge in [-0.05, 0) is 31.9 Å². The fourth-order valence-electron chi connectivity index (χ4n) is 3.03. The number of amides is 1. The molecule has 0 bridgehead atoms. The largest absolute Gasteiger partial charge is 0.495 e. The van der Waals surface area contributed by atoms with E-state index >= 15 is 0 Å². The third-order valence-corrected chi connectivity index (χ3v) is 5.42. The third kappa shape index (κ3) is 3.36. The van der Waals surface area contributed by atoms with E-state index in [-0.39, 0.29) is 11.9 Å². The predicted octanol–water partition coefficient (Wildman–Crippen LogP) is 2.60. The topological polar surface area (TPSA) is 58.6 Å². The van der Waals surface area contributed by atoms with Crippen molar-refractivity contribution in [2.75, 3.05) is 32.1 Å². The van der Waals surface area contributed by atoms with E-state index in [1.54, 1.807) is 19.5 Å². The summed E-state index contributed by atoms with van der Waals surface area (Å²) in [7, 11) is 3.49. The fraction of sp³-hybridized carbons (Fsp3) is 0.471. The zero-order valence-corrected chi connectivity index (χ0v) is 15.0. The van der Waals surface area contributed by atoms with E-state index in [2.05, 4.69) is 14.9 Å². The molecule has 2 aromatic rings. The SMILES string of the molecule is COc1cc(C)sc1C(=O)N(C)C1CCN(c2ncccn2)CC1. The minimum atomic E-state index is 0.0411. The van der Waals surface area contributed by atoms with E-state index in [1.165, 1.54) is 11.3 Å². The molecule has 1 aliphatic rings. The number of hydrogen-bond donors (Lipinski definition) is 0. The van der Waals surface area contributed by atoms with Crippen LogP contribution < -0.4 is 9.64 Å². The Bertz CT molecular complexity index is 696. The minimum absolute atomic E-state index is 0.0411. The highest BCUT2D eigenvalue weighted by Crippen LogP contribution is 2.31. The molecular weight excluding hydrogens is 324 g/mol. The van der Waals surface area contributed by atoms with Crippen molar-refractivity contribution in [1.82, 2.24) is 14.9 Å². The van der Waals surface area contributed by atoms with E-state index in [1.807, 2.05) is 31.0 Å². The molecule has 0 unspecified atom stereocenters. The van der Waals surface area contributed by atoms with Crippen LogP contribution in [0.5, 0.6) is 5.75 Å². The molecule has 3 heterocycles. The Morgan fingerprint density at radius 1 is 1.33 bits per heavy atom. The Morgan fingerprint density at radius 3 is 2.62 bits per heavy atom. The first-order chi connectivity index (χ1) is 11.6. The average molecular weight is 346 g/mol. The van der Waals surface area contributed by atoms with E-state index in [0.29, 0.717) is 10.6 Å². The van der Waals surface area contributed by atoms with Crippen LogP contribution in [0.25, 0.3) is 0 Å². The number of anilines is 1. The Kier molecular flexibility index (Phi) is 4.99. The number of aryl methyl sites for hydroxylation is 1. The van der Waals surface area contributed by atoms with Crippen molar-refractivity contribution in [2.24, 2.45) is 0 Å². The van der Waals surface area contributed by atoms with Crippen LogP contribution in [0, 0.1) is 6.92 Å². The Balaban J connectivity index is 1.64. The lowest BCUT2D eigenvalue weighted by atomic mass is 10.0. The number of carbonyl (C=O) groups excluding carboxylic acids is 1. The van der Waals surface area contributed by atoms with Crippen molar-refractivity contribution in [1.29, 1.82) is 0 Å². The maximum atomic E-state index is 12.8. The van der Waals surface area contributed by atoms with Gasteiger partial charge in [-0.3, -0.25) is 4.79 Å². The second kappa shape index (κ2) is 7.17. The van der Waals surface area contributed by atoms with E-state index in [4.69, 9.17) is 4.74 Å². The molecule has 2 aromatic heterocycles. The molecular formula is C17H22N4O2S. The average Bonchev–Trinajstić information content (AvgIpc) is 3.02. The second-order valence-corrected chi connectivity index (χ2v) is 7.19. The summed E-state index contributed by atoms with van der Waals surface area (Å²) in [6.45, 7) is 3.70. The van der Waals surface area contributed by atoms with Crippen molar-refractivity contribution in [3.63, 3.8) is 0 Å². The summed E-state index contributed by atoms with van der Waals surface area (Å²) in [5.74, 6) is 1.48. The van der Waals surface area contributed by atoms with Gasteiger partial charge in [0.05, 0.1) is 7.11 Å². The lowest BCUT2D eigenvalue weighted by Gasteiger charge is -2.36. The fourth-order valence-corrected chi connectivity index (χ4v) is 3.99. The molecule has 0 N–H and O–H groups in total. The van der Waals surface area contributed by atoms with Crippen LogP contribution in [-0.4, -0.2) is 54.1 Å². The standard InChI is InChI=1S/C17H22N4O2S/c1-12-11-14(23-3)15(24-12)16(22)20(2)13-5-9-21(10-6-13)17-18-7-4-8-19-17/h4,7-8,11,13H,5-6,9-10H2,1-3H3. The molecule has 3 rings (SSSR count). The summed E-state index contributed by atoms with van der Waals surface area (Å²) in [5, 5.41) is 0. The number of aromatic nitrogens is 2. The van der Waals surface area contributed by atoms with E-state index in [9.17, 15) is 4.79 Å². The molecule has 0 spiro atoms. The van der Waals surface area contributed by atoms with Crippen LogP contribution in [0.15, 0.2) is 24.5 Å². The van der Waals surface area contributed by atoms with Crippen LogP contribution in [0.4, 0.5) is 5.95 Å². The molecule has 0 aliphatic carbocycles. The van der Waals surface area contributed by atoms with Crippen molar-refractivity contribution in [3.05, 3.63) is 34.3 Å². The smallest absolute Gasteiger partial charge is 0.267 e. The Hall–Kier alpha value is -2.15. The number of rotatable bonds is 4. The first-order valence-electron chi connectivity index (χ1n) is 8.03. The lowest BCUT2D eigenvalue weighted by molar-refractivity contribution is 0.0711. The molecule has 1 fully saturated rings. The van der Waals surface area contributed by atoms with Crippen LogP contribution >= 0.6 is 11.3 Å². The molecule has 6 nitrogen and oxygen atoms in total. The van der Waals surface area contributed by atoms with E-state index < -0.39 is 0 Å². The predicted molar refractivity (Wildman–Crippen MR) is 95.0 cm³/mol. The van der Waals surface area contributed by atoms with Crippen molar-refractivity contribution in [2.45, 2.75) is 25.8 Å². The van der Waals surface area contributed by atoms with Gasteiger partial charge in [-0.1, -0.05) is 0 Å². The maximum Gasteiger partial charge on any atom is 0.267 e. The van der Waals surface area contributed by atoms with Gasteiger partial charge in [-0.15, -0.1) is 11.3 Å². The number of thiophene rings is 1. The number of piperidine rings is 1. The third-order valence-electron chi connectivity index (χ3n) is 4.40. The molecule has 7 heteroatoms. The molecule has 0 aromatic carbocycles. The first-order valence-corrected chi connectivity index (χ1v) is 8.85. The summed E-state index contributed by atoms with van der Waals surface area (Å²) in [5.41, 5.74) is 0. The van der Waals surface area contributed by atoms with Gasteiger partial charge in [0, 0.05) is 43.4 Å². The molecule has 0 radical (unpaired) electrons. The summed E-state index contributed by atoms with van der Waals surface area (Å²) >= 11 is 1.49. The quantitative estimate of drug-likeness (QED) is 0.852. The number of carbonyl (C=O) groups is 1. The molecule has 0 atom stereocenters. The Morgan fingerprint density at radius 2 is 2.00 bits per heavy atom. The number of methoxy groups -OCH3 is 1. The van der Waals surface area contributed by atoms with Crippen LogP contribution in [0.1, 0.15) is 27.4 Å². The highest BCUT2D eigenvalue weighted by Gasteiger charge is 2.29. The van der Waals surface area contributed by atoms with Gasteiger partial charge in [0.1, 0.15) is 10.6 Å². The molecule has 1 amide bonds. The molecule has 0 saturated carbocycles. The molecule has 128 valence electrons. The highest BCUT2D eigenvalue weighted by molar-refractivity contribution is 7.14. The molecule has 1 aliphatic heterocycles. The van der Waals surface area contributed by atoms with Crippen molar-refractivity contribution < 1.29 is 9.53 Å². The van der Waals surface area contributed by atoms with Gasteiger partial charge in [0.25, 0.3) is 5.91 Å². The van der Waals surface area contributed by atoms with E-state index in [0.717, 1.165) is 36.8 Å². The second-order valence-electron chi connectivity index (χ2n) is 5.94. The van der Waals surface area contributed by atoms with Gasteiger partial charge in [0.15, 0.2) is 0 Å². The molecule has 1 saturated heterocycles. The normalized spacial score (nSPS) is 15.4. The van der Waals surface area contributed by atoms with Gasteiger partial charge >= 0.3 is 0 Å². The number of nitrogens with zero attached hydrogens (tertiary/aromatic N) is 4. The Labute approximate surface area is 146 Å². The van der Waals surface area contributed by atoms with Crippen molar-refractivity contribution in [3.8, 4) is 5.75 Å². The lowest BCUT2D eigenvalue weighted by Crippen LogP contribution is -2.46. The first kappa shape index (κ1) is 16.7. The van der Waals surface area contributed by atoms with Crippen LogP contribution in [0.2, 0.25) is 0 Å². The summed E-state index contributed by atoms with van der Waals surface area (Å²) in [4.78, 5) is 27.2. The van der Waals surface area contributed by atoms with Gasteiger partial charge in [0.2, 0.25) is 5.95 Å². The number of hydrogen-bond acceptors (Lipinski definition) is 6. The van der Waals surface area contributed by atoms with Gasteiger partial charge < -0.3 is 14.5 Å².